The Balaban J connectivity index is 1.92. The smallest absolute Gasteiger partial charge is 0.164 e. The van der Waals surface area contributed by atoms with Crippen LogP contribution in [0.2, 0.25) is 0 Å². The molecule has 1 aliphatic heterocycles. The SMILES string of the molecule is NCc1ncn(Cc2cc(Br)cc3c2OCC3)n1. The predicted octanol–water partition coefficient (Wildman–Crippen LogP) is 1.48. The van der Waals surface area contributed by atoms with E-state index in [1.165, 1.54) is 5.56 Å². The van der Waals surface area contributed by atoms with E-state index >= 15 is 0 Å². The average molecular weight is 309 g/mol. The van der Waals surface area contributed by atoms with Crippen LogP contribution in [0, 0.1) is 0 Å². The molecule has 2 aromatic rings. The van der Waals surface area contributed by atoms with Crippen molar-refractivity contribution in [2.45, 2.75) is 19.5 Å². The number of fused-ring (bicyclic) bond motifs is 1. The lowest BCUT2D eigenvalue weighted by Crippen LogP contribution is -2.04. The molecular weight excluding hydrogens is 296 g/mol. The molecule has 3 rings (SSSR count). The van der Waals surface area contributed by atoms with E-state index in [4.69, 9.17) is 10.5 Å². The van der Waals surface area contributed by atoms with Gasteiger partial charge in [-0.15, -0.1) is 0 Å². The predicted molar refractivity (Wildman–Crippen MR) is 70.4 cm³/mol. The molecule has 0 spiro atoms. The minimum atomic E-state index is 0.361. The van der Waals surface area contributed by atoms with Crippen LogP contribution in [0.3, 0.4) is 0 Å². The third kappa shape index (κ3) is 2.13. The van der Waals surface area contributed by atoms with Crippen molar-refractivity contribution in [3.05, 3.63) is 39.9 Å². The topological polar surface area (TPSA) is 66.0 Å². The fourth-order valence-corrected chi connectivity index (χ4v) is 2.69. The van der Waals surface area contributed by atoms with Crippen LogP contribution in [0.5, 0.6) is 5.75 Å². The average Bonchev–Trinajstić information content (AvgIpc) is 2.97. The van der Waals surface area contributed by atoms with Crippen LogP contribution < -0.4 is 10.5 Å². The van der Waals surface area contributed by atoms with Crippen molar-refractivity contribution >= 4 is 15.9 Å². The van der Waals surface area contributed by atoms with Gasteiger partial charge in [0, 0.05) is 16.5 Å². The quantitative estimate of drug-likeness (QED) is 0.933. The Hall–Kier alpha value is -1.40. The number of hydrogen-bond acceptors (Lipinski definition) is 4. The van der Waals surface area contributed by atoms with Gasteiger partial charge in [-0.1, -0.05) is 15.9 Å². The Kier molecular flexibility index (Phi) is 3.05. The van der Waals surface area contributed by atoms with Crippen LogP contribution in [-0.4, -0.2) is 21.4 Å². The first kappa shape index (κ1) is 11.7. The number of nitrogens with two attached hydrogens (primary N) is 1. The lowest BCUT2D eigenvalue weighted by molar-refractivity contribution is 0.352. The molecule has 0 saturated carbocycles. The van der Waals surface area contributed by atoms with Crippen molar-refractivity contribution in [2.75, 3.05) is 6.61 Å². The Morgan fingerprint density at radius 3 is 3.11 bits per heavy atom. The molecule has 1 aliphatic rings. The standard InChI is InChI=1S/C12H13BrN4O/c13-10-3-8-1-2-18-12(8)9(4-10)6-17-7-15-11(5-14)16-17/h3-4,7H,1-2,5-6,14H2. The fourth-order valence-electron chi connectivity index (χ4n) is 2.14. The summed E-state index contributed by atoms with van der Waals surface area (Å²) in [6.07, 6.45) is 2.66. The van der Waals surface area contributed by atoms with E-state index in [9.17, 15) is 0 Å². The summed E-state index contributed by atoms with van der Waals surface area (Å²) in [7, 11) is 0. The molecule has 0 radical (unpaired) electrons. The van der Waals surface area contributed by atoms with Gasteiger partial charge >= 0.3 is 0 Å². The van der Waals surface area contributed by atoms with Crippen LogP contribution >= 0.6 is 15.9 Å². The van der Waals surface area contributed by atoms with Crippen molar-refractivity contribution < 1.29 is 4.74 Å². The molecule has 2 N–H and O–H groups in total. The van der Waals surface area contributed by atoms with Crippen molar-refractivity contribution in [1.82, 2.24) is 14.8 Å². The van der Waals surface area contributed by atoms with Crippen molar-refractivity contribution in [1.29, 1.82) is 0 Å². The summed E-state index contributed by atoms with van der Waals surface area (Å²) in [4.78, 5) is 4.12. The summed E-state index contributed by atoms with van der Waals surface area (Å²) in [5.41, 5.74) is 7.87. The summed E-state index contributed by atoms with van der Waals surface area (Å²) in [5.74, 6) is 1.64. The van der Waals surface area contributed by atoms with E-state index in [1.54, 1.807) is 11.0 Å². The van der Waals surface area contributed by atoms with E-state index in [2.05, 4.69) is 38.1 Å². The molecule has 0 bridgehead atoms. The van der Waals surface area contributed by atoms with Gasteiger partial charge < -0.3 is 10.5 Å². The summed E-state index contributed by atoms with van der Waals surface area (Å²) >= 11 is 3.53. The van der Waals surface area contributed by atoms with Crippen molar-refractivity contribution in [3.63, 3.8) is 0 Å². The van der Waals surface area contributed by atoms with E-state index < -0.39 is 0 Å². The normalized spacial score (nSPS) is 13.4. The van der Waals surface area contributed by atoms with Gasteiger partial charge in [0.05, 0.1) is 19.7 Å². The van der Waals surface area contributed by atoms with Gasteiger partial charge in [-0.25, -0.2) is 9.67 Å². The van der Waals surface area contributed by atoms with E-state index in [0.29, 0.717) is 18.9 Å². The minimum Gasteiger partial charge on any atom is -0.493 e. The van der Waals surface area contributed by atoms with Crippen LogP contribution in [0.4, 0.5) is 0 Å². The van der Waals surface area contributed by atoms with Crippen molar-refractivity contribution in [3.8, 4) is 5.75 Å². The maximum Gasteiger partial charge on any atom is 0.164 e. The zero-order valence-corrected chi connectivity index (χ0v) is 11.4. The molecule has 0 unspecified atom stereocenters. The largest absolute Gasteiger partial charge is 0.493 e. The summed E-state index contributed by atoms with van der Waals surface area (Å²) in [6.45, 7) is 1.76. The fraction of sp³-hybridized carbons (Fsp3) is 0.333. The molecule has 0 saturated heterocycles. The molecular formula is C12H13BrN4O. The van der Waals surface area contributed by atoms with E-state index in [0.717, 1.165) is 28.8 Å². The molecule has 18 heavy (non-hydrogen) atoms. The zero-order chi connectivity index (χ0) is 12.5. The molecule has 0 atom stereocenters. The molecule has 2 heterocycles. The Bertz CT molecular complexity index is 581. The third-order valence-corrected chi connectivity index (χ3v) is 3.38. The molecule has 0 amide bonds. The number of hydrogen-bond donors (Lipinski definition) is 1. The van der Waals surface area contributed by atoms with E-state index in [1.807, 2.05) is 0 Å². The monoisotopic (exact) mass is 308 g/mol. The molecule has 1 aromatic heterocycles. The molecule has 94 valence electrons. The minimum absolute atomic E-state index is 0.361. The van der Waals surface area contributed by atoms with Crippen molar-refractivity contribution in [2.24, 2.45) is 5.73 Å². The Morgan fingerprint density at radius 1 is 1.44 bits per heavy atom. The first-order chi connectivity index (χ1) is 8.76. The highest BCUT2D eigenvalue weighted by Crippen LogP contribution is 2.33. The van der Waals surface area contributed by atoms with Crippen LogP contribution in [0.1, 0.15) is 17.0 Å². The van der Waals surface area contributed by atoms with E-state index in [-0.39, 0.29) is 0 Å². The Labute approximate surface area is 113 Å². The Morgan fingerprint density at radius 2 is 2.33 bits per heavy atom. The molecule has 6 heteroatoms. The maximum absolute atomic E-state index is 5.68. The summed E-state index contributed by atoms with van der Waals surface area (Å²) < 4.78 is 8.54. The number of halogens is 1. The number of ether oxygens (including phenoxy) is 1. The maximum atomic E-state index is 5.68. The highest BCUT2D eigenvalue weighted by molar-refractivity contribution is 9.10. The molecule has 0 aliphatic carbocycles. The second-order valence-corrected chi connectivity index (χ2v) is 5.13. The second kappa shape index (κ2) is 4.70. The lowest BCUT2D eigenvalue weighted by atomic mass is 10.1. The van der Waals surface area contributed by atoms with Gasteiger partial charge in [-0.3, -0.25) is 0 Å². The first-order valence-corrected chi connectivity index (χ1v) is 6.58. The van der Waals surface area contributed by atoms with Crippen LogP contribution in [0.15, 0.2) is 22.9 Å². The van der Waals surface area contributed by atoms with Crippen LogP contribution in [-0.2, 0) is 19.5 Å². The molecule has 0 fully saturated rings. The zero-order valence-electron chi connectivity index (χ0n) is 9.77. The van der Waals surface area contributed by atoms with Crippen LogP contribution in [0.25, 0.3) is 0 Å². The third-order valence-electron chi connectivity index (χ3n) is 2.92. The number of benzene rings is 1. The highest BCUT2D eigenvalue weighted by Gasteiger charge is 2.17. The number of aromatic nitrogens is 3. The second-order valence-electron chi connectivity index (χ2n) is 4.21. The molecule has 1 aromatic carbocycles. The summed E-state index contributed by atoms with van der Waals surface area (Å²) in [5, 5.41) is 4.29. The van der Waals surface area contributed by atoms with Gasteiger partial charge in [0.15, 0.2) is 5.82 Å². The molecule has 5 nitrogen and oxygen atoms in total. The van der Waals surface area contributed by atoms with Gasteiger partial charge in [0.25, 0.3) is 0 Å². The highest BCUT2D eigenvalue weighted by atomic mass is 79.9. The van der Waals surface area contributed by atoms with Gasteiger partial charge in [-0.05, 0) is 17.7 Å². The van der Waals surface area contributed by atoms with Gasteiger partial charge in [0.1, 0.15) is 12.1 Å². The lowest BCUT2D eigenvalue weighted by Gasteiger charge is -2.08. The number of rotatable bonds is 3. The van der Waals surface area contributed by atoms with Gasteiger partial charge in [0.2, 0.25) is 0 Å². The summed E-state index contributed by atoms with van der Waals surface area (Å²) in [6, 6.07) is 4.17. The first-order valence-electron chi connectivity index (χ1n) is 5.79. The van der Waals surface area contributed by atoms with Gasteiger partial charge in [-0.2, -0.15) is 5.10 Å². The number of nitrogens with zero attached hydrogens (tertiary/aromatic N) is 3.